The summed E-state index contributed by atoms with van der Waals surface area (Å²) in [6, 6.07) is 21.0. The van der Waals surface area contributed by atoms with Gasteiger partial charge in [-0.05, 0) is 55.7 Å². The van der Waals surface area contributed by atoms with Crippen LogP contribution in [0, 0.1) is 6.92 Å². The monoisotopic (exact) mass is 454 g/mol. The molecule has 1 amide bonds. The number of carbonyl (C=O) groups is 1. The molecule has 0 aliphatic carbocycles. The molecule has 1 aliphatic heterocycles. The van der Waals surface area contributed by atoms with Crippen molar-refractivity contribution in [3.05, 3.63) is 88.9 Å². The van der Waals surface area contributed by atoms with Gasteiger partial charge in [0, 0.05) is 12.2 Å². The second-order valence-corrected chi connectivity index (χ2v) is 9.82. The van der Waals surface area contributed by atoms with Gasteiger partial charge in [-0.2, -0.15) is 0 Å². The molecule has 1 heterocycles. The van der Waals surface area contributed by atoms with E-state index in [1.54, 1.807) is 53.4 Å². The third-order valence-corrected chi connectivity index (χ3v) is 7.51. The third-order valence-electron chi connectivity index (χ3n) is 5.42. The van der Waals surface area contributed by atoms with E-state index >= 15 is 0 Å². The maximum Gasteiger partial charge on any atom is 0.264 e. The SMILES string of the molecule is Cc1ccc(S(=O)(=O)N(CC(=O)N2CCCc3ccccc32)c2ccccc2Cl)cc1. The highest BCUT2D eigenvalue weighted by molar-refractivity contribution is 7.92. The number of rotatable bonds is 5. The molecule has 0 spiro atoms. The van der Waals surface area contributed by atoms with Crippen molar-refractivity contribution in [1.29, 1.82) is 0 Å². The van der Waals surface area contributed by atoms with Gasteiger partial charge in [-0.15, -0.1) is 0 Å². The van der Waals surface area contributed by atoms with Crippen LogP contribution >= 0.6 is 11.6 Å². The number of halogens is 1. The van der Waals surface area contributed by atoms with Crippen molar-refractivity contribution in [2.45, 2.75) is 24.7 Å². The van der Waals surface area contributed by atoms with E-state index < -0.39 is 10.0 Å². The molecule has 0 saturated heterocycles. The highest BCUT2D eigenvalue weighted by Gasteiger charge is 2.31. The lowest BCUT2D eigenvalue weighted by molar-refractivity contribution is -0.117. The number of anilines is 2. The molecule has 0 aromatic heterocycles. The largest absolute Gasteiger partial charge is 0.311 e. The summed E-state index contributed by atoms with van der Waals surface area (Å²) in [6.07, 6.45) is 1.73. The minimum atomic E-state index is -4.00. The molecule has 1 aliphatic rings. The average molecular weight is 455 g/mol. The number of amides is 1. The normalized spacial score (nSPS) is 13.5. The molecule has 3 aromatic rings. The Hall–Kier alpha value is -2.83. The Labute approximate surface area is 187 Å². The van der Waals surface area contributed by atoms with Crippen LogP contribution in [0.3, 0.4) is 0 Å². The molecule has 0 unspecified atom stereocenters. The number of para-hydroxylation sites is 2. The maximum absolute atomic E-state index is 13.6. The van der Waals surface area contributed by atoms with E-state index in [-0.39, 0.29) is 28.1 Å². The van der Waals surface area contributed by atoms with Crippen molar-refractivity contribution in [1.82, 2.24) is 0 Å². The molecule has 0 saturated carbocycles. The molecule has 0 radical (unpaired) electrons. The molecule has 31 heavy (non-hydrogen) atoms. The lowest BCUT2D eigenvalue weighted by atomic mass is 10.0. The Morgan fingerprint density at radius 3 is 2.42 bits per heavy atom. The highest BCUT2D eigenvalue weighted by Crippen LogP contribution is 2.32. The van der Waals surface area contributed by atoms with E-state index in [1.807, 2.05) is 31.2 Å². The molecule has 3 aromatic carbocycles. The fraction of sp³-hybridized carbons (Fsp3) is 0.208. The Morgan fingerprint density at radius 2 is 1.68 bits per heavy atom. The van der Waals surface area contributed by atoms with Gasteiger partial charge in [-0.1, -0.05) is 59.6 Å². The van der Waals surface area contributed by atoms with Crippen LogP contribution in [0.2, 0.25) is 5.02 Å². The topological polar surface area (TPSA) is 57.7 Å². The van der Waals surface area contributed by atoms with E-state index in [9.17, 15) is 13.2 Å². The van der Waals surface area contributed by atoms with Crippen molar-refractivity contribution in [2.75, 3.05) is 22.3 Å². The van der Waals surface area contributed by atoms with Crippen LogP contribution in [0.15, 0.2) is 77.7 Å². The number of fused-ring (bicyclic) bond motifs is 1. The molecule has 160 valence electrons. The van der Waals surface area contributed by atoms with Gasteiger partial charge in [0.25, 0.3) is 10.0 Å². The van der Waals surface area contributed by atoms with Crippen LogP contribution < -0.4 is 9.21 Å². The fourth-order valence-electron chi connectivity index (χ4n) is 3.79. The van der Waals surface area contributed by atoms with Gasteiger partial charge in [0.05, 0.1) is 15.6 Å². The highest BCUT2D eigenvalue weighted by atomic mass is 35.5. The molecule has 0 N–H and O–H groups in total. The summed E-state index contributed by atoms with van der Waals surface area (Å²) in [5, 5.41) is 0.269. The molecule has 0 atom stereocenters. The van der Waals surface area contributed by atoms with Crippen LogP contribution in [0.1, 0.15) is 17.5 Å². The zero-order chi connectivity index (χ0) is 22.0. The summed E-state index contributed by atoms with van der Waals surface area (Å²) in [4.78, 5) is 15.2. The first-order chi connectivity index (χ1) is 14.9. The first kappa shape index (κ1) is 21.4. The molecule has 0 fully saturated rings. The number of aryl methyl sites for hydroxylation is 2. The van der Waals surface area contributed by atoms with Crippen LogP contribution in [0.25, 0.3) is 0 Å². The van der Waals surface area contributed by atoms with Crippen molar-refractivity contribution < 1.29 is 13.2 Å². The summed E-state index contributed by atoms with van der Waals surface area (Å²) in [6.45, 7) is 2.10. The van der Waals surface area contributed by atoms with Crippen LogP contribution in [-0.2, 0) is 21.2 Å². The van der Waals surface area contributed by atoms with E-state index in [1.165, 1.54) is 0 Å². The Morgan fingerprint density at radius 1 is 1.00 bits per heavy atom. The van der Waals surface area contributed by atoms with Crippen molar-refractivity contribution >= 4 is 38.9 Å². The number of hydrogen-bond donors (Lipinski definition) is 0. The predicted octanol–water partition coefficient (Wildman–Crippen LogP) is 4.82. The molecule has 7 heteroatoms. The number of carbonyl (C=O) groups excluding carboxylic acids is 1. The van der Waals surface area contributed by atoms with E-state index in [2.05, 4.69) is 0 Å². The molecule has 4 rings (SSSR count). The van der Waals surface area contributed by atoms with Gasteiger partial charge in [0.15, 0.2) is 0 Å². The van der Waals surface area contributed by atoms with Crippen molar-refractivity contribution in [2.24, 2.45) is 0 Å². The summed E-state index contributed by atoms with van der Waals surface area (Å²) < 4.78 is 28.2. The minimum Gasteiger partial charge on any atom is -0.311 e. The summed E-state index contributed by atoms with van der Waals surface area (Å²) in [7, 11) is -4.00. The lowest BCUT2D eigenvalue weighted by Gasteiger charge is -2.32. The Balaban J connectivity index is 1.73. The first-order valence-electron chi connectivity index (χ1n) is 10.1. The van der Waals surface area contributed by atoms with Crippen molar-refractivity contribution in [3.63, 3.8) is 0 Å². The first-order valence-corrected chi connectivity index (χ1v) is 11.9. The third kappa shape index (κ3) is 4.31. The molecule has 5 nitrogen and oxygen atoms in total. The van der Waals surface area contributed by atoms with Gasteiger partial charge < -0.3 is 4.90 Å². The van der Waals surface area contributed by atoms with Gasteiger partial charge in [-0.25, -0.2) is 8.42 Å². The van der Waals surface area contributed by atoms with E-state index in [0.717, 1.165) is 34.0 Å². The number of hydrogen-bond acceptors (Lipinski definition) is 3. The van der Waals surface area contributed by atoms with Gasteiger partial charge in [-0.3, -0.25) is 9.10 Å². The number of nitrogens with zero attached hydrogens (tertiary/aromatic N) is 2. The van der Waals surface area contributed by atoms with Crippen LogP contribution in [0.5, 0.6) is 0 Å². The Bertz CT molecular complexity index is 1210. The summed E-state index contributed by atoms with van der Waals surface area (Å²) >= 11 is 6.36. The second-order valence-electron chi connectivity index (χ2n) is 7.55. The maximum atomic E-state index is 13.6. The van der Waals surface area contributed by atoms with Crippen LogP contribution in [0.4, 0.5) is 11.4 Å². The van der Waals surface area contributed by atoms with Gasteiger partial charge in [0.2, 0.25) is 5.91 Å². The Kier molecular flexibility index (Phi) is 6.03. The minimum absolute atomic E-state index is 0.116. The number of benzene rings is 3. The lowest BCUT2D eigenvalue weighted by Crippen LogP contribution is -2.45. The van der Waals surface area contributed by atoms with E-state index in [0.29, 0.717) is 6.54 Å². The van der Waals surface area contributed by atoms with Gasteiger partial charge >= 0.3 is 0 Å². The quantitative estimate of drug-likeness (QED) is 0.555. The molecular formula is C24H23ClN2O3S. The number of sulfonamides is 1. The smallest absolute Gasteiger partial charge is 0.264 e. The standard InChI is InChI=1S/C24H23ClN2O3S/c1-18-12-14-20(15-13-18)31(29,30)27(23-11-5-3-9-21(23)25)17-24(28)26-16-6-8-19-7-2-4-10-22(19)26/h2-5,7,9-15H,6,8,16-17H2,1H3. The van der Waals surface area contributed by atoms with Crippen LogP contribution in [-0.4, -0.2) is 27.4 Å². The van der Waals surface area contributed by atoms with Gasteiger partial charge in [0.1, 0.15) is 6.54 Å². The zero-order valence-electron chi connectivity index (χ0n) is 17.2. The zero-order valence-corrected chi connectivity index (χ0v) is 18.7. The second kappa shape index (κ2) is 8.73. The fourth-order valence-corrected chi connectivity index (χ4v) is 5.51. The van der Waals surface area contributed by atoms with E-state index in [4.69, 9.17) is 11.6 Å². The van der Waals surface area contributed by atoms with Crippen molar-refractivity contribution in [3.8, 4) is 0 Å². The average Bonchev–Trinajstić information content (AvgIpc) is 2.78. The molecule has 0 bridgehead atoms. The predicted molar refractivity (Wildman–Crippen MR) is 124 cm³/mol. The molecular weight excluding hydrogens is 432 g/mol. The summed E-state index contributed by atoms with van der Waals surface area (Å²) in [5.41, 5.74) is 3.16. The summed E-state index contributed by atoms with van der Waals surface area (Å²) in [5.74, 6) is -0.289.